The van der Waals surface area contributed by atoms with Crippen molar-refractivity contribution in [1.29, 1.82) is 0 Å². The van der Waals surface area contributed by atoms with E-state index in [1.54, 1.807) is 34.7 Å². The highest BCUT2D eigenvalue weighted by atomic mass is 32.2. The molecule has 34 heavy (non-hydrogen) atoms. The van der Waals surface area contributed by atoms with Gasteiger partial charge in [0.15, 0.2) is 4.96 Å². The zero-order valence-electron chi connectivity index (χ0n) is 17.8. The Balaban J connectivity index is 1.37. The summed E-state index contributed by atoms with van der Waals surface area (Å²) in [6.45, 7) is 0. The van der Waals surface area contributed by atoms with Gasteiger partial charge in [-0.2, -0.15) is 0 Å². The maximum Gasteiger partial charge on any atom is 0.259 e. The number of nitrogens with zero attached hydrogens (tertiary/aromatic N) is 2. The van der Waals surface area contributed by atoms with Gasteiger partial charge in [0, 0.05) is 22.1 Å². The van der Waals surface area contributed by atoms with E-state index in [-0.39, 0.29) is 11.1 Å². The Morgan fingerprint density at radius 3 is 2.56 bits per heavy atom. The Kier molecular flexibility index (Phi) is 6.24. The van der Waals surface area contributed by atoms with Crippen LogP contribution in [0.2, 0.25) is 0 Å². The van der Waals surface area contributed by atoms with Crippen molar-refractivity contribution in [3.05, 3.63) is 118 Å². The van der Waals surface area contributed by atoms with Crippen molar-refractivity contribution in [2.75, 3.05) is 5.32 Å². The van der Waals surface area contributed by atoms with Gasteiger partial charge in [0.25, 0.3) is 11.5 Å². The molecule has 2 heterocycles. The smallest absolute Gasteiger partial charge is 0.259 e. The molecular formula is C26H18FN3O2S2. The van der Waals surface area contributed by atoms with E-state index in [0.717, 1.165) is 16.2 Å². The van der Waals surface area contributed by atoms with Crippen LogP contribution in [0.3, 0.4) is 0 Å². The normalized spacial score (nSPS) is 11.0. The van der Waals surface area contributed by atoms with Crippen molar-refractivity contribution in [1.82, 2.24) is 9.38 Å². The molecule has 5 nitrogen and oxygen atoms in total. The lowest BCUT2D eigenvalue weighted by atomic mass is 10.2. The highest BCUT2D eigenvalue weighted by Gasteiger charge is 2.14. The number of halogens is 1. The monoisotopic (exact) mass is 487 g/mol. The first kappa shape index (κ1) is 22.1. The zero-order valence-corrected chi connectivity index (χ0v) is 19.4. The van der Waals surface area contributed by atoms with Gasteiger partial charge in [0.1, 0.15) is 5.82 Å². The van der Waals surface area contributed by atoms with E-state index in [1.807, 2.05) is 47.8 Å². The molecule has 3 aromatic carbocycles. The minimum absolute atomic E-state index is 0.0191. The van der Waals surface area contributed by atoms with Gasteiger partial charge >= 0.3 is 0 Å². The predicted molar refractivity (Wildman–Crippen MR) is 135 cm³/mol. The summed E-state index contributed by atoms with van der Waals surface area (Å²) >= 11 is 2.87. The third-order valence-corrected chi connectivity index (χ3v) is 7.09. The topological polar surface area (TPSA) is 63.5 Å². The molecule has 0 aliphatic rings. The molecule has 8 heteroatoms. The van der Waals surface area contributed by atoms with Crippen molar-refractivity contribution < 1.29 is 9.18 Å². The van der Waals surface area contributed by atoms with Crippen LogP contribution in [-0.4, -0.2) is 15.3 Å². The first-order valence-corrected chi connectivity index (χ1v) is 12.3. The van der Waals surface area contributed by atoms with Crippen LogP contribution < -0.4 is 10.9 Å². The maximum atomic E-state index is 14.0. The Morgan fingerprint density at radius 1 is 1.00 bits per heavy atom. The lowest BCUT2D eigenvalue weighted by Crippen LogP contribution is -2.15. The summed E-state index contributed by atoms with van der Waals surface area (Å²) in [5.74, 6) is -0.651. The molecular weight excluding hydrogens is 469 g/mol. The lowest BCUT2D eigenvalue weighted by Gasteiger charge is -2.11. The van der Waals surface area contributed by atoms with E-state index < -0.39 is 11.7 Å². The number of thioether (sulfide) groups is 1. The largest absolute Gasteiger partial charge is 0.321 e. The Hall–Kier alpha value is -3.75. The van der Waals surface area contributed by atoms with Crippen LogP contribution in [0.1, 0.15) is 16.1 Å². The zero-order chi connectivity index (χ0) is 23.5. The molecule has 0 radical (unpaired) electrons. The summed E-state index contributed by atoms with van der Waals surface area (Å²) in [6, 6.07) is 24.4. The third-order valence-electron chi connectivity index (χ3n) is 5.16. The number of hydrogen-bond donors (Lipinski definition) is 1. The number of nitrogens with one attached hydrogen (secondary N) is 1. The van der Waals surface area contributed by atoms with E-state index in [2.05, 4.69) is 10.3 Å². The van der Waals surface area contributed by atoms with Crippen molar-refractivity contribution in [2.45, 2.75) is 10.6 Å². The highest BCUT2D eigenvalue weighted by molar-refractivity contribution is 7.98. The number of thiazole rings is 1. The molecule has 1 N–H and O–H groups in total. The minimum atomic E-state index is -0.575. The molecule has 5 rings (SSSR count). The number of anilines is 1. The summed E-state index contributed by atoms with van der Waals surface area (Å²) in [6.07, 6.45) is 0. The molecule has 0 fully saturated rings. The van der Waals surface area contributed by atoms with Crippen LogP contribution in [0.25, 0.3) is 16.2 Å². The van der Waals surface area contributed by atoms with Crippen LogP contribution >= 0.6 is 23.1 Å². The molecule has 1 amide bonds. The average Bonchev–Trinajstić information content (AvgIpc) is 3.29. The fraction of sp³-hybridized carbons (Fsp3) is 0.0385. The quantitative estimate of drug-likeness (QED) is 0.294. The lowest BCUT2D eigenvalue weighted by molar-refractivity contribution is 0.102. The molecule has 0 saturated heterocycles. The molecule has 0 atom stereocenters. The molecule has 0 spiro atoms. The number of rotatable bonds is 6. The maximum absolute atomic E-state index is 14.0. The molecule has 0 unspecified atom stereocenters. The average molecular weight is 488 g/mol. The third kappa shape index (κ3) is 4.50. The first-order valence-electron chi connectivity index (χ1n) is 10.4. The molecule has 168 valence electrons. The number of aromatic nitrogens is 2. The number of benzene rings is 3. The summed E-state index contributed by atoms with van der Waals surface area (Å²) in [7, 11) is 0. The molecule has 0 aliphatic heterocycles. The van der Waals surface area contributed by atoms with Gasteiger partial charge in [-0.3, -0.25) is 14.0 Å². The molecule has 0 saturated carbocycles. The van der Waals surface area contributed by atoms with Crippen LogP contribution in [0, 0.1) is 5.82 Å². The van der Waals surface area contributed by atoms with Crippen LogP contribution in [-0.2, 0) is 5.75 Å². The van der Waals surface area contributed by atoms with Gasteiger partial charge in [-0.25, -0.2) is 9.37 Å². The van der Waals surface area contributed by atoms with Crippen molar-refractivity contribution >= 4 is 39.7 Å². The Labute approximate surface area is 202 Å². The van der Waals surface area contributed by atoms with Crippen LogP contribution in [0.15, 0.2) is 100.0 Å². The molecule has 2 aromatic heterocycles. The minimum Gasteiger partial charge on any atom is -0.321 e. The number of carbonyl (C=O) groups is 1. The van der Waals surface area contributed by atoms with E-state index in [0.29, 0.717) is 22.1 Å². The van der Waals surface area contributed by atoms with Gasteiger partial charge in [-0.15, -0.1) is 23.1 Å². The second kappa shape index (κ2) is 9.62. The number of hydrogen-bond acceptors (Lipinski definition) is 5. The second-order valence-electron chi connectivity index (χ2n) is 7.41. The predicted octanol–water partition coefficient (Wildman–Crippen LogP) is 6.11. The summed E-state index contributed by atoms with van der Waals surface area (Å²) in [4.78, 5) is 31.5. The Bertz CT molecular complexity index is 1550. The van der Waals surface area contributed by atoms with Crippen molar-refractivity contribution in [3.8, 4) is 11.3 Å². The van der Waals surface area contributed by atoms with Crippen LogP contribution in [0.5, 0.6) is 0 Å². The number of carbonyl (C=O) groups excluding carboxylic acids is 1. The van der Waals surface area contributed by atoms with Crippen LogP contribution in [0.4, 0.5) is 10.1 Å². The second-order valence-corrected chi connectivity index (χ2v) is 9.26. The standard InChI is InChI=1S/C26H18FN3O2S2/c27-20-11-5-4-10-19(20)25(32)29-21-12-6-7-13-23(21)33-15-18-14-24(31)30-22(16-34-26(30)28-18)17-8-2-1-3-9-17/h1-14,16H,15H2,(H,29,32). The molecule has 0 bridgehead atoms. The van der Waals surface area contributed by atoms with Crippen molar-refractivity contribution in [2.24, 2.45) is 0 Å². The number of amides is 1. The van der Waals surface area contributed by atoms with E-state index >= 15 is 0 Å². The number of para-hydroxylation sites is 1. The van der Waals surface area contributed by atoms with Gasteiger partial charge in [-0.1, -0.05) is 54.6 Å². The van der Waals surface area contributed by atoms with E-state index in [1.165, 1.54) is 35.2 Å². The molecule has 5 aromatic rings. The Morgan fingerprint density at radius 2 is 1.74 bits per heavy atom. The summed E-state index contributed by atoms with van der Waals surface area (Å²) in [5.41, 5.74) is 2.83. The fourth-order valence-electron chi connectivity index (χ4n) is 3.53. The van der Waals surface area contributed by atoms with Gasteiger partial charge < -0.3 is 5.32 Å². The van der Waals surface area contributed by atoms with Gasteiger partial charge in [0.2, 0.25) is 0 Å². The SMILES string of the molecule is O=C(Nc1ccccc1SCc1cc(=O)n2c(-c3ccccc3)csc2n1)c1ccccc1F. The number of fused-ring (bicyclic) bond motifs is 1. The van der Waals surface area contributed by atoms with E-state index in [9.17, 15) is 14.0 Å². The van der Waals surface area contributed by atoms with Crippen molar-refractivity contribution in [3.63, 3.8) is 0 Å². The molecule has 0 aliphatic carbocycles. The highest BCUT2D eigenvalue weighted by Crippen LogP contribution is 2.30. The summed E-state index contributed by atoms with van der Waals surface area (Å²) in [5, 5.41) is 4.72. The van der Waals surface area contributed by atoms with Gasteiger partial charge in [0.05, 0.1) is 22.6 Å². The van der Waals surface area contributed by atoms with Gasteiger partial charge in [-0.05, 0) is 29.8 Å². The fourth-order valence-corrected chi connectivity index (χ4v) is 5.35. The summed E-state index contributed by atoms with van der Waals surface area (Å²) < 4.78 is 15.6. The first-order chi connectivity index (χ1) is 16.6. The van der Waals surface area contributed by atoms with E-state index in [4.69, 9.17) is 0 Å².